The standard InChI is InChI=1S/C53H94N16O16S/c1-25(2)21-33(46(78)60-29(9)42(74)63-32(52(84)85)13-11-18-58-53(56)57)64-44(76)30(15-16-37(54)72)62-50(82)40(27(5)6)67-48(80)36-14-12-19-69(36)51(83)41(28(7)8)68-47(79)35(24-71)65-45(77)31(17-20-86-10)61-38(73)22-59-43(75)34(23-70)66-49(81)39(55)26(3)4/h25-36,39-41,70-71H,11-24,55H2,1-10H3,(H2,54,72)(H,59,75)(H,60,78)(H,61,73)(H,62,82)(H,63,74)(H,64,76)(H,65,77)(H,66,81)(H,67,80)(H,68,79)(H,84,85)(H4,56,57,58)/t29-,30-,31-,32-,33-,34-,35-,36-,39-,40-,41-/m0/s1. The average Bonchev–Trinajstić information content (AvgIpc) is 2.36. The van der Waals surface area contributed by atoms with Gasteiger partial charge in [0.05, 0.1) is 25.8 Å². The Bertz CT molecular complexity index is 2380. The van der Waals surface area contributed by atoms with Crippen LogP contribution in [-0.4, -0.2) is 214 Å². The summed E-state index contributed by atoms with van der Waals surface area (Å²) in [4.78, 5) is 178. The fourth-order valence-electron chi connectivity index (χ4n) is 8.53. The molecule has 21 N–H and O–H groups in total. The Hall–Kier alpha value is -7.39. The van der Waals surface area contributed by atoms with Gasteiger partial charge in [-0.1, -0.05) is 55.4 Å². The molecule has 0 saturated carbocycles. The van der Waals surface area contributed by atoms with Crippen LogP contribution in [0.4, 0.5) is 0 Å². The lowest BCUT2D eigenvalue weighted by atomic mass is 9.99. The zero-order chi connectivity index (χ0) is 65.7. The number of amides is 12. The number of carboxylic acid groups (broad SMARTS) is 1. The van der Waals surface area contributed by atoms with Crippen LogP contribution in [0.3, 0.4) is 0 Å². The van der Waals surface area contributed by atoms with E-state index in [1.165, 1.54) is 23.6 Å². The Kier molecular flexibility index (Phi) is 34.4. The Morgan fingerprint density at radius 2 is 1.10 bits per heavy atom. The lowest BCUT2D eigenvalue weighted by Crippen LogP contribution is -2.61. The van der Waals surface area contributed by atoms with Crippen molar-refractivity contribution in [2.75, 3.05) is 44.9 Å². The molecule has 33 heteroatoms. The molecule has 0 radical (unpaired) electrons. The SMILES string of the molecule is CSCC[C@H](NC(=O)CNC(=O)[C@H](CO)NC(=O)[C@@H](N)C(C)C)C(=O)N[C@@H](CO)C(=O)N[C@H](C(=O)N1CCC[C@H]1C(=O)N[C@H](C(=O)N[C@@H](CCC(N)=O)C(=O)N[C@@H](CC(C)C)C(=O)N[C@@H](C)C(=O)N[C@@H](CCCN=C(N)N)C(=O)O)C(C)C)C(C)C. The van der Waals surface area contributed by atoms with Gasteiger partial charge in [-0.3, -0.25) is 62.5 Å². The minimum atomic E-state index is -1.66. The lowest BCUT2D eigenvalue weighted by Gasteiger charge is -2.32. The predicted molar refractivity (Wildman–Crippen MR) is 316 cm³/mol. The first-order chi connectivity index (χ1) is 40.2. The molecular formula is C53H94N16O16S. The molecule has 32 nitrogen and oxygen atoms in total. The molecule has 1 rings (SSSR count). The first-order valence-electron chi connectivity index (χ1n) is 28.5. The number of likely N-dealkylation sites (tertiary alicyclic amines) is 1. The maximum absolute atomic E-state index is 14.3. The third-order valence-electron chi connectivity index (χ3n) is 13.6. The summed E-state index contributed by atoms with van der Waals surface area (Å²) in [5.41, 5.74) is 21.9. The Balaban J connectivity index is 3.24. The first kappa shape index (κ1) is 76.6. The zero-order valence-electron chi connectivity index (χ0n) is 50.8. The van der Waals surface area contributed by atoms with Crippen molar-refractivity contribution in [2.24, 2.45) is 51.6 Å². The number of carbonyl (C=O) groups excluding carboxylic acids is 12. The molecule has 86 heavy (non-hydrogen) atoms. The number of aliphatic hydroxyl groups excluding tert-OH is 2. The van der Waals surface area contributed by atoms with Crippen LogP contribution in [0.15, 0.2) is 4.99 Å². The number of aliphatic imine (C=N–C) groups is 1. The molecule has 0 aromatic heterocycles. The highest BCUT2D eigenvalue weighted by Crippen LogP contribution is 2.22. The summed E-state index contributed by atoms with van der Waals surface area (Å²) in [5.74, 6) is -13.2. The van der Waals surface area contributed by atoms with Crippen LogP contribution in [0, 0.1) is 23.7 Å². The van der Waals surface area contributed by atoms with E-state index in [4.69, 9.17) is 22.9 Å². The number of rotatable bonds is 39. The summed E-state index contributed by atoms with van der Waals surface area (Å²) in [6, 6.07) is -14.7. The third kappa shape index (κ3) is 26.9. The van der Waals surface area contributed by atoms with Crippen LogP contribution >= 0.6 is 11.8 Å². The fourth-order valence-corrected chi connectivity index (χ4v) is 9.01. The van der Waals surface area contributed by atoms with E-state index >= 15 is 0 Å². The van der Waals surface area contributed by atoms with Gasteiger partial charge < -0.3 is 96.3 Å². The van der Waals surface area contributed by atoms with Gasteiger partial charge in [-0.2, -0.15) is 11.8 Å². The smallest absolute Gasteiger partial charge is 0.326 e. The molecule has 0 aromatic rings. The van der Waals surface area contributed by atoms with E-state index < -0.39 is 181 Å². The van der Waals surface area contributed by atoms with Gasteiger partial charge in [0.15, 0.2) is 5.96 Å². The molecule has 0 aliphatic carbocycles. The van der Waals surface area contributed by atoms with Gasteiger partial charge in [-0.15, -0.1) is 0 Å². The van der Waals surface area contributed by atoms with Crippen LogP contribution in [-0.2, 0) is 62.3 Å². The number of aliphatic hydroxyl groups is 2. The summed E-state index contributed by atoms with van der Waals surface area (Å²) in [6.07, 6.45) is 1.64. The molecule has 488 valence electrons. The highest BCUT2D eigenvalue weighted by Gasteiger charge is 2.42. The second-order valence-corrected chi connectivity index (χ2v) is 23.3. The fraction of sp³-hybridized carbons (Fsp3) is 0.736. The monoisotopic (exact) mass is 1240 g/mol. The van der Waals surface area contributed by atoms with E-state index in [0.717, 1.165) is 0 Å². The van der Waals surface area contributed by atoms with Crippen LogP contribution in [0.1, 0.15) is 114 Å². The number of aliphatic carboxylic acids is 1. The van der Waals surface area contributed by atoms with Crippen molar-refractivity contribution in [1.29, 1.82) is 0 Å². The van der Waals surface area contributed by atoms with E-state index in [0.29, 0.717) is 12.2 Å². The minimum absolute atomic E-state index is 0.0204. The van der Waals surface area contributed by atoms with Gasteiger partial charge in [0.2, 0.25) is 70.9 Å². The molecule has 1 aliphatic heterocycles. The number of carbonyl (C=O) groups is 13. The number of hydrogen-bond acceptors (Lipinski definition) is 18. The van der Waals surface area contributed by atoms with Crippen LogP contribution < -0.4 is 76.1 Å². The summed E-state index contributed by atoms with van der Waals surface area (Å²) in [6.45, 7) is 12.2. The number of nitrogens with two attached hydrogens (primary N) is 4. The van der Waals surface area contributed by atoms with Gasteiger partial charge in [0.25, 0.3) is 0 Å². The third-order valence-corrected chi connectivity index (χ3v) is 14.3. The number of thioether (sulfide) groups is 1. The van der Waals surface area contributed by atoms with Gasteiger partial charge in [0.1, 0.15) is 60.4 Å². The summed E-state index contributed by atoms with van der Waals surface area (Å²) in [5, 5.41) is 54.3. The van der Waals surface area contributed by atoms with E-state index in [1.54, 1.807) is 61.6 Å². The molecule has 0 bridgehead atoms. The van der Waals surface area contributed by atoms with Gasteiger partial charge in [-0.05, 0) is 87.5 Å². The van der Waals surface area contributed by atoms with Crippen molar-refractivity contribution in [3.8, 4) is 0 Å². The maximum atomic E-state index is 14.3. The number of nitrogens with one attached hydrogen (secondary N) is 10. The van der Waals surface area contributed by atoms with Crippen molar-refractivity contribution < 1.29 is 77.6 Å². The Morgan fingerprint density at radius 1 is 0.581 bits per heavy atom. The predicted octanol–water partition coefficient (Wildman–Crippen LogP) is -6.04. The number of nitrogens with zero attached hydrogens (tertiary/aromatic N) is 2. The Morgan fingerprint density at radius 3 is 1.63 bits per heavy atom. The Labute approximate surface area is 505 Å². The van der Waals surface area contributed by atoms with Crippen molar-refractivity contribution in [2.45, 2.75) is 180 Å². The second-order valence-electron chi connectivity index (χ2n) is 22.4. The summed E-state index contributed by atoms with van der Waals surface area (Å²) < 4.78 is 0. The van der Waals surface area contributed by atoms with E-state index in [2.05, 4.69) is 58.2 Å². The largest absolute Gasteiger partial charge is 0.480 e. The van der Waals surface area contributed by atoms with Crippen LogP contribution in [0.5, 0.6) is 0 Å². The summed E-state index contributed by atoms with van der Waals surface area (Å²) >= 11 is 1.33. The van der Waals surface area contributed by atoms with E-state index in [9.17, 15) is 77.6 Å². The number of primary amides is 1. The molecule has 1 aliphatic rings. The quantitative estimate of drug-likeness (QED) is 0.0155. The number of hydrogen-bond donors (Lipinski definition) is 17. The normalized spacial score (nSPS) is 16.5. The van der Waals surface area contributed by atoms with Crippen molar-refractivity contribution in [1.82, 2.24) is 58.1 Å². The minimum Gasteiger partial charge on any atom is -0.480 e. The molecule has 1 saturated heterocycles. The molecule has 0 aromatic carbocycles. The second kappa shape index (κ2) is 38.6. The van der Waals surface area contributed by atoms with E-state index in [-0.39, 0.29) is 69.4 Å². The molecule has 0 spiro atoms. The van der Waals surface area contributed by atoms with Crippen molar-refractivity contribution >= 4 is 94.6 Å². The lowest BCUT2D eigenvalue weighted by molar-refractivity contribution is -0.144. The van der Waals surface area contributed by atoms with Crippen LogP contribution in [0.2, 0.25) is 0 Å². The van der Waals surface area contributed by atoms with Crippen molar-refractivity contribution in [3.05, 3.63) is 0 Å². The zero-order valence-corrected chi connectivity index (χ0v) is 51.6. The molecule has 0 unspecified atom stereocenters. The topological polar surface area (TPSA) is 523 Å². The molecule has 11 atom stereocenters. The van der Waals surface area contributed by atoms with Gasteiger partial charge in [-0.25, -0.2) is 4.79 Å². The molecule has 1 fully saturated rings. The van der Waals surface area contributed by atoms with Gasteiger partial charge >= 0.3 is 5.97 Å². The number of carboxylic acids is 1. The highest BCUT2D eigenvalue weighted by molar-refractivity contribution is 7.98. The van der Waals surface area contributed by atoms with Crippen molar-refractivity contribution in [3.63, 3.8) is 0 Å². The molecular weight excluding hydrogens is 1150 g/mol. The number of guanidine groups is 1. The van der Waals surface area contributed by atoms with Gasteiger partial charge in [0, 0.05) is 19.5 Å². The molecule has 12 amide bonds. The maximum Gasteiger partial charge on any atom is 0.326 e. The molecule has 1 heterocycles. The first-order valence-corrected chi connectivity index (χ1v) is 29.9. The summed E-state index contributed by atoms with van der Waals surface area (Å²) in [7, 11) is 0. The van der Waals surface area contributed by atoms with E-state index in [1.807, 2.05) is 0 Å². The highest BCUT2D eigenvalue weighted by atomic mass is 32.2. The van der Waals surface area contributed by atoms with Crippen LogP contribution in [0.25, 0.3) is 0 Å². The average molecular weight is 1240 g/mol.